The first-order valence-corrected chi connectivity index (χ1v) is 11.2. The van der Waals surface area contributed by atoms with Gasteiger partial charge in [-0.3, -0.25) is 20.2 Å². The lowest BCUT2D eigenvalue weighted by Gasteiger charge is -2.21. The second-order valence-electron chi connectivity index (χ2n) is 6.10. The van der Waals surface area contributed by atoms with Crippen LogP contribution in [0, 0.1) is 20.2 Å². The van der Waals surface area contributed by atoms with Gasteiger partial charge in [-0.05, 0) is 12.1 Å². The van der Waals surface area contributed by atoms with Crippen molar-refractivity contribution < 1.29 is 26.7 Å². The van der Waals surface area contributed by atoms with Crippen LogP contribution in [0.4, 0.5) is 11.4 Å². The zero-order valence-electron chi connectivity index (χ0n) is 15.9. The summed E-state index contributed by atoms with van der Waals surface area (Å²) in [5, 5.41) is 22.2. The Bertz CT molecular complexity index is 1090. The van der Waals surface area contributed by atoms with Crippen molar-refractivity contribution in [3.63, 3.8) is 0 Å². The topological polar surface area (TPSA) is 161 Å². The highest BCUT2D eigenvalue weighted by Crippen LogP contribution is 2.27. The molecular formula is C16H18N4O8S2. The highest BCUT2D eigenvalue weighted by molar-refractivity contribution is 7.89. The van der Waals surface area contributed by atoms with E-state index in [4.69, 9.17) is 0 Å². The van der Waals surface area contributed by atoms with E-state index in [1.807, 2.05) is 0 Å². The van der Waals surface area contributed by atoms with Crippen LogP contribution in [0.1, 0.15) is 0 Å². The Labute approximate surface area is 172 Å². The van der Waals surface area contributed by atoms with Gasteiger partial charge < -0.3 is 0 Å². The lowest BCUT2D eigenvalue weighted by atomic mass is 10.3. The molecule has 0 saturated carbocycles. The van der Waals surface area contributed by atoms with Gasteiger partial charge in [-0.25, -0.2) is 16.8 Å². The number of sulfonamides is 2. The first kappa shape index (κ1) is 23.3. The van der Waals surface area contributed by atoms with Crippen LogP contribution in [0.3, 0.4) is 0 Å². The summed E-state index contributed by atoms with van der Waals surface area (Å²) in [5.41, 5.74) is -1.21. The van der Waals surface area contributed by atoms with Crippen molar-refractivity contribution in [2.75, 3.05) is 27.2 Å². The summed E-state index contributed by atoms with van der Waals surface area (Å²) in [6.07, 6.45) is 0. The molecule has 2 rings (SSSR count). The summed E-state index contributed by atoms with van der Waals surface area (Å²) in [5.74, 6) is 0. The van der Waals surface area contributed by atoms with Crippen molar-refractivity contribution in [1.29, 1.82) is 0 Å². The van der Waals surface area contributed by atoms with Crippen molar-refractivity contribution in [1.82, 2.24) is 8.61 Å². The molecule has 0 fully saturated rings. The minimum atomic E-state index is -4.28. The molecule has 0 bridgehead atoms. The molecule has 0 aromatic heterocycles. The Balaban J connectivity index is 2.25. The summed E-state index contributed by atoms with van der Waals surface area (Å²) in [4.78, 5) is 19.5. The van der Waals surface area contributed by atoms with Crippen molar-refractivity contribution in [3.8, 4) is 0 Å². The highest BCUT2D eigenvalue weighted by atomic mass is 32.2. The number of rotatable bonds is 9. The van der Waals surface area contributed by atoms with Crippen molar-refractivity contribution in [2.24, 2.45) is 0 Å². The number of nitro benzene ring substituents is 2. The van der Waals surface area contributed by atoms with Crippen LogP contribution in [0.2, 0.25) is 0 Å². The smallest absolute Gasteiger partial charge is 0.258 e. The molecule has 162 valence electrons. The Morgan fingerprint density at radius 3 is 1.30 bits per heavy atom. The second kappa shape index (κ2) is 8.83. The number of nitrogens with zero attached hydrogens (tertiary/aromatic N) is 4. The molecule has 2 aromatic carbocycles. The fourth-order valence-corrected chi connectivity index (χ4v) is 5.14. The maximum atomic E-state index is 12.7. The molecule has 12 nitrogen and oxygen atoms in total. The van der Waals surface area contributed by atoms with Gasteiger partial charge >= 0.3 is 0 Å². The molecule has 0 aliphatic rings. The molecule has 0 unspecified atom stereocenters. The first-order valence-electron chi connectivity index (χ1n) is 8.30. The number of likely N-dealkylation sites (N-methyl/N-ethyl adjacent to an activating group) is 2. The number of hydrogen-bond donors (Lipinski definition) is 0. The monoisotopic (exact) mass is 458 g/mol. The van der Waals surface area contributed by atoms with Crippen molar-refractivity contribution >= 4 is 31.4 Å². The van der Waals surface area contributed by atoms with E-state index in [-0.39, 0.29) is 13.1 Å². The van der Waals surface area contributed by atoms with Gasteiger partial charge in [-0.2, -0.15) is 8.61 Å². The van der Waals surface area contributed by atoms with Crippen LogP contribution in [0.15, 0.2) is 58.3 Å². The lowest BCUT2D eigenvalue weighted by molar-refractivity contribution is -0.388. The third kappa shape index (κ3) is 4.62. The summed E-state index contributed by atoms with van der Waals surface area (Å²) in [7, 11) is -6.26. The van der Waals surface area contributed by atoms with E-state index < -0.39 is 51.1 Å². The standard InChI is InChI=1S/C16H18N4O8S2/c1-17(29(25,26)15-9-5-3-7-13(15)19(21)22)11-12-18(2)30(27,28)16-10-6-4-8-14(16)20(23)24/h3-10H,11-12H2,1-2H3. The van der Waals surface area contributed by atoms with E-state index in [1.165, 1.54) is 24.3 Å². The number of hydrogen-bond acceptors (Lipinski definition) is 8. The van der Waals surface area contributed by atoms with Crippen LogP contribution in [-0.4, -0.2) is 62.5 Å². The summed E-state index contributed by atoms with van der Waals surface area (Å²) < 4.78 is 52.3. The molecule has 0 N–H and O–H groups in total. The van der Waals surface area contributed by atoms with E-state index in [2.05, 4.69) is 0 Å². The predicted molar refractivity (Wildman–Crippen MR) is 106 cm³/mol. The first-order chi connectivity index (χ1) is 13.9. The predicted octanol–water partition coefficient (Wildman–Crippen LogP) is 1.44. The van der Waals surface area contributed by atoms with Crippen LogP contribution in [0.5, 0.6) is 0 Å². The van der Waals surface area contributed by atoms with E-state index in [0.717, 1.165) is 47.0 Å². The number of benzene rings is 2. The van der Waals surface area contributed by atoms with Gasteiger partial charge in [0.2, 0.25) is 20.0 Å². The average molecular weight is 458 g/mol. The molecule has 0 saturated heterocycles. The minimum Gasteiger partial charge on any atom is -0.258 e. The average Bonchev–Trinajstić information content (AvgIpc) is 2.71. The Hall–Kier alpha value is -2.94. The normalized spacial score (nSPS) is 12.3. The largest absolute Gasteiger partial charge is 0.289 e. The van der Waals surface area contributed by atoms with Crippen molar-refractivity contribution in [3.05, 3.63) is 68.8 Å². The Kier molecular flexibility index (Phi) is 6.87. The maximum Gasteiger partial charge on any atom is 0.289 e. The maximum absolute atomic E-state index is 12.7. The second-order valence-corrected chi connectivity index (χ2v) is 10.1. The van der Waals surface area contributed by atoms with Crippen LogP contribution in [-0.2, 0) is 20.0 Å². The summed E-state index contributed by atoms with van der Waals surface area (Å²) in [6.45, 7) is -0.685. The zero-order chi connectivity index (χ0) is 22.7. The lowest BCUT2D eigenvalue weighted by Crippen LogP contribution is -2.37. The SMILES string of the molecule is CN(CCN(C)S(=O)(=O)c1ccccc1[N+](=O)[O-])S(=O)(=O)c1ccccc1[N+](=O)[O-]. The summed E-state index contributed by atoms with van der Waals surface area (Å²) >= 11 is 0. The number of nitro groups is 2. The quantitative estimate of drug-likeness (QED) is 0.403. The van der Waals surface area contributed by atoms with Gasteiger partial charge in [0.05, 0.1) is 9.85 Å². The van der Waals surface area contributed by atoms with Gasteiger partial charge in [-0.15, -0.1) is 0 Å². The molecule has 0 amide bonds. The molecule has 0 spiro atoms. The van der Waals surface area contributed by atoms with Gasteiger partial charge in [0.1, 0.15) is 0 Å². The third-order valence-corrected chi connectivity index (χ3v) is 8.04. The van der Waals surface area contributed by atoms with Gasteiger partial charge in [-0.1, -0.05) is 24.3 Å². The molecule has 0 heterocycles. The van der Waals surface area contributed by atoms with Crippen LogP contribution in [0.25, 0.3) is 0 Å². The fourth-order valence-electron chi connectivity index (χ4n) is 2.51. The third-order valence-electron chi connectivity index (χ3n) is 4.23. The van der Waals surface area contributed by atoms with Gasteiger partial charge in [0.25, 0.3) is 11.4 Å². The van der Waals surface area contributed by atoms with E-state index in [1.54, 1.807) is 0 Å². The Morgan fingerprint density at radius 2 is 1.00 bits per heavy atom. The van der Waals surface area contributed by atoms with Crippen molar-refractivity contribution in [2.45, 2.75) is 9.79 Å². The van der Waals surface area contributed by atoms with E-state index in [9.17, 15) is 37.1 Å². The fraction of sp³-hybridized carbons (Fsp3) is 0.250. The molecule has 0 aliphatic carbocycles. The summed E-state index contributed by atoms with van der Waals surface area (Å²) in [6, 6.07) is 9.57. The highest BCUT2D eigenvalue weighted by Gasteiger charge is 2.32. The molecule has 30 heavy (non-hydrogen) atoms. The molecule has 0 radical (unpaired) electrons. The molecule has 0 aliphatic heterocycles. The Morgan fingerprint density at radius 1 is 0.700 bits per heavy atom. The zero-order valence-corrected chi connectivity index (χ0v) is 17.5. The van der Waals surface area contributed by atoms with E-state index >= 15 is 0 Å². The minimum absolute atomic E-state index is 0.343. The van der Waals surface area contributed by atoms with Gasteiger partial charge in [0, 0.05) is 39.3 Å². The van der Waals surface area contributed by atoms with E-state index in [0.29, 0.717) is 0 Å². The number of para-hydroxylation sites is 2. The molecule has 14 heteroatoms. The van der Waals surface area contributed by atoms with Crippen LogP contribution < -0.4 is 0 Å². The molecular weight excluding hydrogens is 440 g/mol. The van der Waals surface area contributed by atoms with Crippen LogP contribution >= 0.6 is 0 Å². The molecule has 0 atom stereocenters. The molecule has 2 aromatic rings. The van der Waals surface area contributed by atoms with Gasteiger partial charge in [0.15, 0.2) is 9.79 Å².